The molecule has 0 unspecified atom stereocenters. The molecule has 3 rings (SSSR count). The van der Waals surface area contributed by atoms with Gasteiger partial charge in [-0.05, 0) is 42.5 Å². The Morgan fingerprint density at radius 2 is 1.56 bits per heavy atom. The zero-order chi connectivity index (χ0) is 24.7. The fraction of sp³-hybridized carbons (Fsp3) is 0.120. The molecule has 0 saturated carbocycles. The molecule has 0 aliphatic heterocycles. The van der Waals surface area contributed by atoms with Crippen molar-refractivity contribution in [2.24, 2.45) is 0 Å². The number of methoxy groups -OCH3 is 1. The molecule has 8 nitrogen and oxygen atoms in total. The minimum absolute atomic E-state index is 0.00225. The van der Waals surface area contributed by atoms with E-state index in [0.717, 1.165) is 0 Å². The molecule has 174 valence electrons. The third-order valence-corrected chi connectivity index (χ3v) is 4.86. The van der Waals surface area contributed by atoms with Crippen molar-refractivity contribution in [2.45, 2.75) is 6.92 Å². The second-order valence-corrected chi connectivity index (χ2v) is 7.40. The van der Waals surface area contributed by atoms with E-state index < -0.39 is 24.3 Å². The molecule has 1 N–H and O–H groups in total. The normalized spacial score (nSPS) is 10.2. The maximum absolute atomic E-state index is 12.5. The molecule has 0 bridgehead atoms. The number of ether oxygens (including phenoxy) is 3. The number of hydrogen-bond acceptors (Lipinski definition) is 7. The molecule has 0 saturated heterocycles. The predicted molar refractivity (Wildman–Crippen MR) is 125 cm³/mol. The van der Waals surface area contributed by atoms with Gasteiger partial charge in [-0.1, -0.05) is 29.8 Å². The van der Waals surface area contributed by atoms with Crippen molar-refractivity contribution in [2.75, 3.05) is 19.0 Å². The Morgan fingerprint density at radius 1 is 0.882 bits per heavy atom. The number of amides is 1. The molecule has 3 aromatic carbocycles. The lowest BCUT2D eigenvalue weighted by Gasteiger charge is -2.12. The Bertz CT molecular complexity index is 1220. The summed E-state index contributed by atoms with van der Waals surface area (Å²) in [6.45, 7) is 0.784. The van der Waals surface area contributed by atoms with E-state index in [0.29, 0.717) is 5.56 Å². The van der Waals surface area contributed by atoms with Crippen LogP contribution in [0.5, 0.6) is 11.5 Å². The summed E-state index contributed by atoms with van der Waals surface area (Å²) in [6, 6.07) is 17.0. The standard InChI is InChI=1S/C25H20ClNO7/c1-15(28)27-21-13-23(32-2)19(12-20(21)26)25(31)33-14-22(29)16-8-10-18(11-9-16)34-24(30)17-6-4-3-5-7-17/h3-13H,14H2,1-2H3,(H,27,28). The van der Waals surface area contributed by atoms with Crippen molar-refractivity contribution >= 4 is 40.9 Å². The quantitative estimate of drug-likeness (QED) is 0.285. The SMILES string of the molecule is COc1cc(NC(C)=O)c(Cl)cc1C(=O)OCC(=O)c1ccc(OC(=O)c2ccccc2)cc1. The smallest absolute Gasteiger partial charge is 0.343 e. The lowest BCUT2D eigenvalue weighted by molar-refractivity contribution is -0.114. The van der Waals surface area contributed by atoms with Crippen LogP contribution in [0, 0.1) is 0 Å². The number of halogens is 1. The zero-order valence-corrected chi connectivity index (χ0v) is 19.0. The third kappa shape index (κ3) is 6.20. The highest BCUT2D eigenvalue weighted by molar-refractivity contribution is 6.34. The van der Waals surface area contributed by atoms with Gasteiger partial charge in [0.25, 0.3) is 0 Å². The highest BCUT2D eigenvalue weighted by Crippen LogP contribution is 2.31. The van der Waals surface area contributed by atoms with Gasteiger partial charge in [-0.25, -0.2) is 9.59 Å². The maximum Gasteiger partial charge on any atom is 0.343 e. The van der Waals surface area contributed by atoms with Crippen molar-refractivity contribution in [3.8, 4) is 11.5 Å². The molecule has 0 fully saturated rings. The summed E-state index contributed by atoms with van der Waals surface area (Å²) in [7, 11) is 1.34. The number of carbonyl (C=O) groups is 4. The molecule has 0 spiro atoms. The van der Waals surface area contributed by atoms with Gasteiger partial charge in [-0.15, -0.1) is 0 Å². The maximum atomic E-state index is 12.5. The lowest BCUT2D eigenvalue weighted by Crippen LogP contribution is -2.15. The zero-order valence-electron chi connectivity index (χ0n) is 18.3. The molecule has 9 heteroatoms. The summed E-state index contributed by atoms with van der Waals surface area (Å²) in [5.74, 6) is -1.77. The molecule has 0 aliphatic carbocycles. The number of ketones is 1. The number of esters is 2. The van der Waals surface area contributed by atoms with Crippen LogP contribution < -0.4 is 14.8 Å². The van der Waals surface area contributed by atoms with Crippen LogP contribution in [-0.2, 0) is 9.53 Å². The van der Waals surface area contributed by atoms with E-state index in [2.05, 4.69) is 5.32 Å². The molecule has 0 radical (unpaired) electrons. The first-order chi connectivity index (χ1) is 16.3. The monoisotopic (exact) mass is 481 g/mol. The molecule has 1 amide bonds. The average molecular weight is 482 g/mol. The Morgan fingerprint density at radius 3 is 2.18 bits per heavy atom. The summed E-state index contributed by atoms with van der Waals surface area (Å²) in [5, 5.41) is 2.63. The minimum atomic E-state index is -0.824. The van der Waals surface area contributed by atoms with Crippen LogP contribution in [0.25, 0.3) is 0 Å². The van der Waals surface area contributed by atoms with Crippen molar-refractivity contribution in [3.05, 3.63) is 88.4 Å². The Kier molecular flexibility index (Phi) is 8.00. The van der Waals surface area contributed by atoms with E-state index in [1.54, 1.807) is 30.3 Å². The van der Waals surface area contributed by atoms with Gasteiger partial charge in [-0.2, -0.15) is 0 Å². The number of carbonyl (C=O) groups excluding carboxylic acids is 4. The second-order valence-electron chi connectivity index (χ2n) is 6.99. The molecule has 34 heavy (non-hydrogen) atoms. The molecule has 0 heterocycles. The van der Waals surface area contributed by atoms with Gasteiger partial charge in [0.15, 0.2) is 12.4 Å². The first kappa shape index (κ1) is 24.5. The number of rotatable bonds is 8. The highest BCUT2D eigenvalue weighted by Gasteiger charge is 2.19. The fourth-order valence-electron chi connectivity index (χ4n) is 2.91. The molecular formula is C25H20ClNO7. The fourth-order valence-corrected chi connectivity index (χ4v) is 3.12. The van der Waals surface area contributed by atoms with E-state index in [9.17, 15) is 19.2 Å². The van der Waals surface area contributed by atoms with Crippen molar-refractivity contribution in [1.82, 2.24) is 0 Å². The van der Waals surface area contributed by atoms with Gasteiger partial charge in [0, 0.05) is 18.6 Å². The van der Waals surface area contributed by atoms with Crippen LogP contribution in [-0.4, -0.2) is 37.3 Å². The summed E-state index contributed by atoms with van der Waals surface area (Å²) < 4.78 is 15.6. The largest absolute Gasteiger partial charge is 0.496 e. The van der Waals surface area contributed by atoms with Crippen molar-refractivity contribution < 1.29 is 33.4 Å². The van der Waals surface area contributed by atoms with E-state index in [4.69, 9.17) is 25.8 Å². The molecule has 0 aromatic heterocycles. The summed E-state index contributed by atoms with van der Waals surface area (Å²) in [5.41, 5.74) is 0.929. The molecule has 0 aliphatic rings. The first-order valence-electron chi connectivity index (χ1n) is 10.0. The summed E-state index contributed by atoms with van der Waals surface area (Å²) >= 11 is 6.11. The molecule has 0 atom stereocenters. The van der Waals surface area contributed by atoms with Crippen LogP contribution >= 0.6 is 11.6 Å². The summed E-state index contributed by atoms with van der Waals surface area (Å²) in [6.07, 6.45) is 0. The van der Waals surface area contributed by atoms with Crippen molar-refractivity contribution in [3.63, 3.8) is 0 Å². The Labute approximate surface area is 200 Å². The van der Waals surface area contributed by atoms with Gasteiger partial charge in [0.1, 0.15) is 17.1 Å². The topological polar surface area (TPSA) is 108 Å². The Balaban J connectivity index is 1.62. The van der Waals surface area contributed by atoms with E-state index in [1.807, 2.05) is 0 Å². The molecule has 3 aromatic rings. The Hall–Kier alpha value is -4.17. The number of anilines is 1. The molecular weight excluding hydrogens is 462 g/mol. The van der Waals surface area contributed by atoms with Gasteiger partial charge < -0.3 is 19.5 Å². The van der Waals surface area contributed by atoms with Gasteiger partial charge in [0.2, 0.25) is 5.91 Å². The van der Waals surface area contributed by atoms with Crippen LogP contribution in [0.2, 0.25) is 5.02 Å². The van der Waals surface area contributed by atoms with Crippen LogP contribution in [0.15, 0.2) is 66.7 Å². The summed E-state index contributed by atoms with van der Waals surface area (Å²) in [4.78, 5) is 48.3. The second kappa shape index (κ2) is 11.1. The van der Waals surface area contributed by atoms with Crippen LogP contribution in [0.3, 0.4) is 0 Å². The average Bonchev–Trinajstić information content (AvgIpc) is 2.84. The predicted octanol–water partition coefficient (Wildman–Crippen LogP) is 4.57. The van der Waals surface area contributed by atoms with E-state index >= 15 is 0 Å². The van der Waals surface area contributed by atoms with Crippen LogP contribution in [0.1, 0.15) is 38.0 Å². The van der Waals surface area contributed by atoms with Gasteiger partial charge >= 0.3 is 11.9 Å². The van der Waals surface area contributed by atoms with E-state index in [-0.39, 0.29) is 39.2 Å². The number of hydrogen-bond donors (Lipinski definition) is 1. The minimum Gasteiger partial charge on any atom is -0.496 e. The van der Waals surface area contributed by atoms with Crippen LogP contribution in [0.4, 0.5) is 5.69 Å². The highest BCUT2D eigenvalue weighted by atomic mass is 35.5. The number of nitrogens with one attached hydrogen (secondary N) is 1. The first-order valence-corrected chi connectivity index (χ1v) is 10.4. The lowest BCUT2D eigenvalue weighted by atomic mass is 10.1. The van der Waals surface area contributed by atoms with Crippen molar-refractivity contribution in [1.29, 1.82) is 0 Å². The number of Topliss-reactive ketones (excluding diaryl/α,β-unsaturated/α-hetero) is 1. The van der Waals surface area contributed by atoms with E-state index in [1.165, 1.54) is 50.4 Å². The number of benzene rings is 3. The third-order valence-electron chi connectivity index (χ3n) is 4.55. The van der Waals surface area contributed by atoms with Gasteiger partial charge in [0.05, 0.1) is 23.4 Å². The van der Waals surface area contributed by atoms with Gasteiger partial charge in [-0.3, -0.25) is 9.59 Å².